The molecule has 3 aromatic carbocycles. The second-order valence-electron chi connectivity index (χ2n) is 8.73. The van der Waals surface area contributed by atoms with Gasteiger partial charge >= 0.3 is 12.0 Å². The highest BCUT2D eigenvalue weighted by atomic mass is 16.4. The molecule has 6 rings (SSSR count). The molecule has 1 aromatic heterocycles. The first-order valence-corrected chi connectivity index (χ1v) is 11.1. The number of aromatic nitrogens is 1. The van der Waals surface area contributed by atoms with Gasteiger partial charge in [-0.25, -0.2) is 14.5 Å². The number of imide groups is 1. The van der Waals surface area contributed by atoms with E-state index >= 15 is 0 Å². The molecule has 2 atom stereocenters. The number of para-hydroxylation sites is 2. The number of H-pyrrole nitrogens is 1. The van der Waals surface area contributed by atoms with Crippen LogP contribution in [0.1, 0.15) is 38.8 Å². The number of nitrogens with one attached hydrogen (secondary N) is 1. The number of carbonyl (C=O) groups excluding carboxylic acids is 2. The smallest absolute Gasteiger partial charge is 0.337 e. The van der Waals surface area contributed by atoms with Gasteiger partial charge in [-0.15, -0.1) is 0 Å². The van der Waals surface area contributed by atoms with Crippen molar-refractivity contribution < 1.29 is 19.5 Å². The number of aromatic carboxylic acids is 1. The minimum absolute atomic E-state index is 0.0829. The van der Waals surface area contributed by atoms with Crippen LogP contribution in [-0.4, -0.2) is 38.9 Å². The number of carboxylic acid groups (broad SMARTS) is 1. The van der Waals surface area contributed by atoms with Crippen molar-refractivity contribution >= 4 is 34.5 Å². The van der Waals surface area contributed by atoms with E-state index in [2.05, 4.69) is 4.98 Å². The molecule has 4 aromatic rings. The number of rotatable bonds is 3. The summed E-state index contributed by atoms with van der Waals surface area (Å²) in [4.78, 5) is 45.6. The van der Waals surface area contributed by atoms with E-state index in [1.807, 2.05) is 55.5 Å². The second-order valence-corrected chi connectivity index (χ2v) is 8.73. The Kier molecular flexibility index (Phi) is 4.35. The predicted molar refractivity (Wildman–Crippen MR) is 127 cm³/mol. The van der Waals surface area contributed by atoms with Crippen molar-refractivity contribution in [3.63, 3.8) is 0 Å². The largest absolute Gasteiger partial charge is 0.478 e. The summed E-state index contributed by atoms with van der Waals surface area (Å²) in [5.41, 5.74) is 4.80. The summed E-state index contributed by atoms with van der Waals surface area (Å²) >= 11 is 0. The zero-order valence-corrected chi connectivity index (χ0v) is 18.4. The van der Waals surface area contributed by atoms with Crippen LogP contribution in [-0.2, 0) is 11.2 Å². The average molecular weight is 451 g/mol. The van der Waals surface area contributed by atoms with Gasteiger partial charge in [-0.1, -0.05) is 54.6 Å². The molecule has 3 amide bonds. The summed E-state index contributed by atoms with van der Waals surface area (Å²) in [6.45, 7) is 1.99. The van der Waals surface area contributed by atoms with Crippen molar-refractivity contribution in [3.05, 3.63) is 101 Å². The summed E-state index contributed by atoms with van der Waals surface area (Å²) in [5, 5.41) is 10.7. The molecule has 0 saturated carbocycles. The third-order valence-electron chi connectivity index (χ3n) is 6.91. The van der Waals surface area contributed by atoms with E-state index in [0.29, 0.717) is 6.42 Å². The summed E-state index contributed by atoms with van der Waals surface area (Å²) < 4.78 is 0. The lowest BCUT2D eigenvalue weighted by molar-refractivity contribution is -0.120. The van der Waals surface area contributed by atoms with Gasteiger partial charge in [-0.05, 0) is 41.8 Å². The molecule has 2 aliphatic rings. The standard InChI is InChI=1S/C27H21N3O4/c1-15-8-2-3-9-16(15)24-23-19(17-10-4-6-12-20(17)28-23)14-22-25(31)30(27(34)29(22)24)21-13-7-5-11-18(21)26(32)33/h2-13,22,24,28H,14H2,1H3,(H,32,33)/t22-,24?/m0/s1. The van der Waals surface area contributed by atoms with Gasteiger partial charge in [0.15, 0.2) is 0 Å². The number of fused-ring (bicyclic) bond motifs is 4. The normalized spacial score (nSPS) is 19.4. The Morgan fingerprint density at radius 3 is 2.47 bits per heavy atom. The quantitative estimate of drug-likeness (QED) is 0.443. The number of aromatic amines is 1. The van der Waals surface area contributed by atoms with Crippen LogP contribution >= 0.6 is 0 Å². The molecule has 0 radical (unpaired) electrons. The third kappa shape index (κ3) is 2.73. The third-order valence-corrected chi connectivity index (χ3v) is 6.91. The Bertz CT molecular complexity index is 1500. The van der Waals surface area contributed by atoms with Crippen LogP contribution in [0.4, 0.5) is 10.5 Å². The zero-order valence-electron chi connectivity index (χ0n) is 18.4. The Balaban J connectivity index is 1.57. The van der Waals surface area contributed by atoms with Crippen LogP contribution < -0.4 is 4.90 Å². The fourth-order valence-corrected chi connectivity index (χ4v) is 5.36. The molecule has 0 spiro atoms. The number of benzene rings is 3. The van der Waals surface area contributed by atoms with Gasteiger partial charge in [0.2, 0.25) is 0 Å². The van der Waals surface area contributed by atoms with Crippen molar-refractivity contribution in [2.45, 2.75) is 25.4 Å². The Morgan fingerprint density at radius 2 is 1.68 bits per heavy atom. The molecular formula is C27H21N3O4. The maximum absolute atomic E-state index is 13.9. The second kappa shape index (κ2) is 7.31. The molecule has 7 nitrogen and oxygen atoms in total. The lowest BCUT2D eigenvalue weighted by atomic mass is 9.87. The number of carbonyl (C=O) groups is 3. The van der Waals surface area contributed by atoms with E-state index in [4.69, 9.17) is 0 Å². The maximum atomic E-state index is 13.9. The molecule has 1 unspecified atom stereocenters. The van der Waals surface area contributed by atoms with Gasteiger partial charge in [-0.3, -0.25) is 9.69 Å². The van der Waals surface area contributed by atoms with E-state index in [0.717, 1.165) is 38.2 Å². The van der Waals surface area contributed by atoms with Crippen LogP contribution in [0.25, 0.3) is 10.9 Å². The van der Waals surface area contributed by atoms with E-state index in [1.54, 1.807) is 17.0 Å². The first-order valence-electron chi connectivity index (χ1n) is 11.1. The van der Waals surface area contributed by atoms with E-state index in [-0.39, 0.29) is 11.3 Å². The van der Waals surface area contributed by atoms with Crippen LogP contribution in [0.15, 0.2) is 72.8 Å². The Labute approximate surface area is 195 Å². The van der Waals surface area contributed by atoms with Gasteiger partial charge in [0, 0.05) is 23.0 Å². The first-order chi connectivity index (χ1) is 16.5. The molecule has 1 fully saturated rings. The number of anilines is 1. The number of amides is 3. The van der Waals surface area contributed by atoms with Crippen LogP contribution in [0.5, 0.6) is 0 Å². The van der Waals surface area contributed by atoms with Crippen LogP contribution in [0.2, 0.25) is 0 Å². The summed E-state index contributed by atoms with van der Waals surface area (Å²) in [5.74, 6) is -1.60. The minimum atomic E-state index is -1.19. The summed E-state index contributed by atoms with van der Waals surface area (Å²) in [6, 6.07) is 20.1. The molecular weight excluding hydrogens is 430 g/mol. The fraction of sp³-hybridized carbons (Fsp3) is 0.148. The predicted octanol–water partition coefficient (Wildman–Crippen LogP) is 4.66. The molecule has 0 aliphatic carbocycles. The SMILES string of the molecule is Cc1ccccc1C1c2[nH]c3ccccc3c2C[C@H]2C(=O)N(c3ccccc3C(=O)O)C(=O)N12. The number of urea groups is 1. The Hall–Kier alpha value is -4.39. The molecule has 7 heteroatoms. The van der Waals surface area contributed by atoms with Crippen LogP contribution in [0, 0.1) is 6.92 Å². The highest BCUT2D eigenvalue weighted by Crippen LogP contribution is 2.45. The van der Waals surface area contributed by atoms with Gasteiger partial charge in [0.1, 0.15) is 12.1 Å². The van der Waals surface area contributed by atoms with Gasteiger partial charge in [0.05, 0.1) is 11.3 Å². The van der Waals surface area contributed by atoms with Gasteiger partial charge in [0.25, 0.3) is 5.91 Å². The molecule has 3 heterocycles. The monoisotopic (exact) mass is 451 g/mol. The van der Waals surface area contributed by atoms with Crippen molar-refractivity contribution in [2.75, 3.05) is 4.90 Å². The lowest BCUT2D eigenvalue weighted by Crippen LogP contribution is -2.44. The van der Waals surface area contributed by atoms with E-state index < -0.39 is 30.0 Å². The molecule has 34 heavy (non-hydrogen) atoms. The Morgan fingerprint density at radius 1 is 0.971 bits per heavy atom. The average Bonchev–Trinajstić information content (AvgIpc) is 3.33. The van der Waals surface area contributed by atoms with Crippen molar-refractivity contribution in [3.8, 4) is 0 Å². The minimum Gasteiger partial charge on any atom is -0.478 e. The lowest BCUT2D eigenvalue weighted by Gasteiger charge is -2.36. The topological polar surface area (TPSA) is 93.7 Å². The number of carboxylic acids is 1. The highest BCUT2D eigenvalue weighted by molar-refractivity contribution is 6.23. The number of hydrogen-bond acceptors (Lipinski definition) is 3. The zero-order chi connectivity index (χ0) is 23.6. The molecule has 168 valence electrons. The molecule has 2 N–H and O–H groups in total. The van der Waals surface area contributed by atoms with Crippen LogP contribution in [0.3, 0.4) is 0 Å². The maximum Gasteiger partial charge on any atom is 0.337 e. The fourth-order valence-electron chi connectivity index (χ4n) is 5.36. The number of nitrogens with zero attached hydrogens (tertiary/aromatic N) is 2. The molecule has 2 aliphatic heterocycles. The van der Waals surface area contributed by atoms with Gasteiger partial charge < -0.3 is 10.1 Å². The molecule has 1 saturated heterocycles. The first kappa shape index (κ1) is 20.2. The number of hydrogen-bond donors (Lipinski definition) is 2. The summed E-state index contributed by atoms with van der Waals surface area (Å²) in [7, 11) is 0. The van der Waals surface area contributed by atoms with Gasteiger partial charge in [-0.2, -0.15) is 0 Å². The van der Waals surface area contributed by atoms with E-state index in [9.17, 15) is 19.5 Å². The number of aryl methyl sites for hydroxylation is 1. The highest BCUT2D eigenvalue weighted by Gasteiger charge is 2.53. The van der Waals surface area contributed by atoms with Crippen molar-refractivity contribution in [2.24, 2.45) is 0 Å². The summed E-state index contributed by atoms with van der Waals surface area (Å²) in [6.07, 6.45) is 0.359. The van der Waals surface area contributed by atoms with Crippen molar-refractivity contribution in [1.29, 1.82) is 0 Å². The van der Waals surface area contributed by atoms with E-state index in [1.165, 1.54) is 12.1 Å². The molecule has 0 bridgehead atoms. The van der Waals surface area contributed by atoms with Crippen molar-refractivity contribution in [1.82, 2.24) is 9.88 Å².